The van der Waals surface area contributed by atoms with Crippen LogP contribution in [0.4, 0.5) is 0 Å². The van der Waals surface area contributed by atoms with E-state index >= 15 is 0 Å². The van der Waals surface area contributed by atoms with Crippen LogP contribution in [0.1, 0.15) is 58.6 Å². The van der Waals surface area contributed by atoms with E-state index in [1.807, 2.05) is 0 Å². The number of carbonyl (C=O) groups excluding carboxylic acids is 2. The van der Waals surface area contributed by atoms with Gasteiger partial charge in [0.15, 0.2) is 12.0 Å². The quantitative estimate of drug-likeness (QED) is 0.0899. The van der Waals surface area contributed by atoms with Crippen LogP contribution in [-0.2, 0) is 42.4 Å². The number of para-hydroxylation sites is 1. The SMILES string of the molecule is CCOC(=O)CC[C@H](NP(=O)(OC[C@@]1(N=[N+]=[N-])O[C@@H](n2ccc(=O)[nH]c2=O)[C@@H]2OC3(CCCC3)O[C@@H]21)Oc1ccccc1)C(=O)OCC. The van der Waals surface area contributed by atoms with Gasteiger partial charge in [-0.05, 0) is 50.8 Å². The molecule has 1 aromatic heterocycles. The van der Waals surface area contributed by atoms with E-state index in [9.17, 15) is 29.3 Å². The van der Waals surface area contributed by atoms with E-state index in [2.05, 4.69) is 20.1 Å². The molecule has 19 heteroatoms. The zero-order valence-electron chi connectivity index (χ0n) is 26.3. The molecule has 1 aromatic carbocycles. The number of benzene rings is 1. The third-order valence-corrected chi connectivity index (χ3v) is 9.53. The molecule has 260 valence electrons. The van der Waals surface area contributed by atoms with Crippen LogP contribution in [0.15, 0.2) is 57.3 Å². The molecule has 0 bridgehead atoms. The summed E-state index contributed by atoms with van der Waals surface area (Å²) in [6.45, 7) is 2.55. The fraction of sp³-hybridized carbons (Fsp3) is 0.586. The maximum Gasteiger partial charge on any atom is 0.459 e. The Bertz CT molecular complexity index is 1670. The van der Waals surface area contributed by atoms with Gasteiger partial charge in [-0.25, -0.2) is 9.36 Å². The molecule has 3 aliphatic rings. The van der Waals surface area contributed by atoms with Crippen molar-refractivity contribution in [3.63, 3.8) is 0 Å². The first-order chi connectivity index (χ1) is 23.0. The summed E-state index contributed by atoms with van der Waals surface area (Å²) < 4.78 is 56.3. The number of aromatic amines is 1. The molecule has 2 aliphatic heterocycles. The fourth-order valence-corrected chi connectivity index (χ4v) is 7.43. The summed E-state index contributed by atoms with van der Waals surface area (Å²) in [6, 6.07) is 7.68. The number of fused-ring (bicyclic) bond motifs is 1. The normalized spacial score (nSPS) is 25.8. The molecule has 2 N–H and O–H groups in total. The number of aromatic nitrogens is 2. The average Bonchev–Trinajstić information content (AvgIpc) is 3.75. The highest BCUT2D eigenvalue weighted by Gasteiger charge is 2.66. The van der Waals surface area contributed by atoms with Crippen molar-refractivity contribution in [1.82, 2.24) is 14.6 Å². The lowest BCUT2D eigenvalue weighted by atomic mass is 10.1. The number of H-pyrrole nitrogens is 1. The number of hydrogen-bond acceptors (Lipinski definition) is 13. The van der Waals surface area contributed by atoms with E-state index < -0.39 is 73.5 Å². The predicted octanol–water partition coefficient (Wildman–Crippen LogP) is 3.19. The third kappa shape index (κ3) is 7.81. The molecular weight excluding hydrogens is 655 g/mol. The van der Waals surface area contributed by atoms with Gasteiger partial charge in [-0.2, -0.15) is 5.09 Å². The highest BCUT2D eigenvalue weighted by Crippen LogP contribution is 2.55. The fourth-order valence-electron chi connectivity index (χ4n) is 5.88. The van der Waals surface area contributed by atoms with Gasteiger partial charge in [-0.1, -0.05) is 23.3 Å². The first-order valence-corrected chi connectivity index (χ1v) is 17.1. The van der Waals surface area contributed by atoms with E-state index in [0.29, 0.717) is 12.8 Å². The smallest absolute Gasteiger partial charge is 0.459 e. The zero-order valence-corrected chi connectivity index (χ0v) is 27.2. The van der Waals surface area contributed by atoms with Gasteiger partial charge in [0.2, 0.25) is 5.72 Å². The Hall–Kier alpha value is -4.02. The molecular formula is C29H37N6O12P. The largest absolute Gasteiger partial charge is 0.466 e. The highest BCUT2D eigenvalue weighted by atomic mass is 31.2. The van der Waals surface area contributed by atoms with Crippen molar-refractivity contribution in [2.75, 3.05) is 19.8 Å². The Balaban J connectivity index is 1.49. The number of azide groups is 1. The number of nitrogens with one attached hydrogen (secondary N) is 2. The highest BCUT2D eigenvalue weighted by molar-refractivity contribution is 7.52. The van der Waals surface area contributed by atoms with Crippen LogP contribution >= 0.6 is 7.75 Å². The zero-order chi connectivity index (χ0) is 34.4. The van der Waals surface area contributed by atoms with Crippen LogP contribution in [0.2, 0.25) is 0 Å². The molecule has 3 heterocycles. The maximum absolute atomic E-state index is 14.5. The van der Waals surface area contributed by atoms with E-state index in [4.69, 9.17) is 32.7 Å². The second-order valence-corrected chi connectivity index (χ2v) is 12.9. The van der Waals surface area contributed by atoms with Crippen molar-refractivity contribution in [1.29, 1.82) is 0 Å². The van der Waals surface area contributed by atoms with Crippen LogP contribution in [0.3, 0.4) is 0 Å². The molecule has 1 unspecified atom stereocenters. The van der Waals surface area contributed by atoms with Crippen molar-refractivity contribution in [2.24, 2.45) is 5.11 Å². The molecule has 0 radical (unpaired) electrons. The number of carbonyl (C=O) groups is 2. The van der Waals surface area contributed by atoms with Crippen LogP contribution in [-0.4, -0.2) is 71.1 Å². The van der Waals surface area contributed by atoms with E-state index in [-0.39, 0.29) is 31.8 Å². The minimum atomic E-state index is -4.63. The lowest BCUT2D eigenvalue weighted by Crippen LogP contribution is -2.46. The summed E-state index contributed by atoms with van der Waals surface area (Å²) in [7, 11) is -4.63. The summed E-state index contributed by atoms with van der Waals surface area (Å²) >= 11 is 0. The van der Waals surface area contributed by atoms with Gasteiger partial charge in [0.1, 0.15) is 24.0 Å². The average molecular weight is 693 g/mol. The number of esters is 2. The molecule has 5 rings (SSSR count). The minimum Gasteiger partial charge on any atom is -0.466 e. The van der Waals surface area contributed by atoms with Gasteiger partial charge < -0.3 is 28.2 Å². The molecule has 3 fully saturated rings. The Labute approximate surface area is 274 Å². The Kier molecular flexibility index (Phi) is 11.1. The van der Waals surface area contributed by atoms with E-state index in [1.54, 1.807) is 32.0 Å². The first kappa shape index (κ1) is 35.3. The molecule has 6 atom stereocenters. The van der Waals surface area contributed by atoms with Crippen molar-refractivity contribution in [2.45, 2.75) is 88.4 Å². The summed E-state index contributed by atoms with van der Waals surface area (Å²) in [5.74, 6) is -2.40. The molecule has 18 nitrogen and oxygen atoms in total. The summed E-state index contributed by atoms with van der Waals surface area (Å²) in [6.07, 6.45) is -0.0794. The molecule has 1 aliphatic carbocycles. The molecule has 1 spiro atoms. The van der Waals surface area contributed by atoms with Gasteiger partial charge in [-0.15, -0.1) is 0 Å². The van der Waals surface area contributed by atoms with Crippen molar-refractivity contribution >= 4 is 19.7 Å². The number of hydrogen-bond donors (Lipinski definition) is 2. The third-order valence-electron chi connectivity index (χ3n) is 7.98. The standard InChI is InChI=1S/C29H37N6O12P/c1-3-41-22(37)13-12-20(26(38)42-4-2)32-48(40,47-19-10-6-5-7-11-19)43-18-29(33-34-30)24-23(44-28(45-24)15-8-9-16-28)25(46-29)35-17-14-21(36)31-27(35)39/h5-7,10-11,14,17,20,23-25H,3-4,8-9,12-13,15-16,18H2,1-2H3,(H,32,40)(H,31,36,39)/t20-,23+,24-,25+,29+,48?/m0/s1. The molecule has 2 saturated heterocycles. The van der Waals surface area contributed by atoms with Crippen LogP contribution < -0.4 is 20.9 Å². The topological polar surface area (TPSA) is 231 Å². The lowest BCUT2D eigenvalue weighted by Gasteiger charge is -2.33. The number of nitrogens with zero attached hydrogens (tertiary/aromatic N) is 4. The van der Waals surface area contributed by atoms with E-state index in [0.717, 1.165) is 23.5 Å². The van der Waals surface area contributed by atoms with Gasteiger partial charge in [0.05, 0.1) is 19.8 Å². The van der Waals surface area contributed by atoms with Crippen LogP contribution in [0, 0.1) is 0 Å². The Morgan fingerprint density at radius 3 is 2.52 bits per heavy atom. The van der Waals surface area contributed by atoms with Crippen molar-refractivity contribution in [3.05, 3.63) is 73.9 Å². The summed E-state index contributed by atoms with van der Waals surface area (Å²) in [5.41, 5.74) is 6.16. The van der Waals surface area contributed by atoms with Crippen LogP contribution in [0.25, 0.3) is 10.4 Å². The van der Waals surface area contributed by atoms with Gasteiger partial charge in [0.25, 0.3) is 5.56 Å². The predicted molar refractivity (Wildman–Crippen MR) is 164 cm³/mol. The van der Waals surface area contributed by atoms with E-state index in [1.165, 1.54) is 18.3 Å². The van der Waals surface area contributed by atoms with Crippen LogP contribution in [0.5, 0.6) is 5.75 Å². The lowest BCUT2D eigenvalue weighted by molar-refractivity contribution is -0.237. The summed E-state index contributed by atoms with van der Waals surface area (Å²) in [5, 5.41) is 6.48. The Morgan fingerprint density at radius 2 is 1.85 bits per heavy atom. The second-order valence-electron chi connectivity index (χ2n) is 11.3. The number of rotatable bonds is 15. The van der Waals surface area contributed by atoms with Crippen molar-refractivity contribution in [3.8, 4) is 5.75 Å². The molecule has 1 saturated carbocycles. The van der Waals surface area contributed by atoms with Gasteiger partial charge >= 0.3 is 25.4 Å². The molecule has 2 aromatic rings. The number of ether oxygens (including phenoxy) is 5. The molecule has 48 heavy (non-hydrogen) atoms. The maximum atomic E-state index is 14.5. The summed E-state index contributed by atoms with van der Waals surface area (Å²) in [4.78, 5) is 54.9. The molecule has 0 amide bonds. The minimum absolute atomic E-state index is 0.0113. The van der Waals surface area contributed by atoms with Gasteiger partial charge in [-0.3, -0.25) is 28.5 Å². The monoisotopic (exact) mass is 692 g/mol. The van der Waals surface area contributed by atoms with Crippen molar-refractivity contribution < 1.29 is 46.9 Å². The Morgan fingerprint density at radius 1 is 1.12 bits per heavy atom. The first-order valence-electron chi connectivity index (χ1n) is 15.6. The second kappa shape index (κ2) is 15.0. The van der Waals surface area contributed by atoms with Gasteiger partial charge in [0, 0.05) is 36.4 Å².